The van der Waals surface area contributed by atoms with Gasteiger partial charge >= 0.3 is 12.1 Å². The quantitative estimate of drug-likeness (QED) is 0.772. The summed E-state index contributed by atoms with van der Waals surface area (Å²) in [4.78, 5) is 23.3. The van der Waals surface area contributed by atoms with E-state index in [2.05, 4.69) is 5.32 Å². The Hall–Kier alpha value is -1.30. The van der Waals surface area contributed by atoms with Gasteiger partial charge < -0.3 is 19.9 Å². The van der Waals surface area contributed by atoms with Crippen molar-refractivity contribution in [2.45, 2.75) is 70.6 Å². The number of aliphatic hydroxyl groups is 1. The SMILES string of the molecule is CCOC(=O)[C@]1(O)CC[C@H](NC(=O)OC(C)(C)C)CC1. The van der Waals surface area contributed by atoms with Crippen molar-refractivity contribution in [3.8, 4) is 0 Å². The van der Waals surface area contributed by atoms with Crippen molar-refractivity contribution in [2.75, 3.05) is 6.61 Å². The van der Waals surface area contributed by atoms with E-state index in [0.717, 1.165) is 0 Å². The zero-order valence-electron chi connectivity index (χ0n) is 12.7. The van der Waals surface area contributed by atoms with Gasteiger partial charge in [-0.2, -0.15) is 0 Å². The van der Waals surface area contributed by atoms with Crippen molar-refractivity contribution in [3.63, 3.8) is 0 Å². The van der Waals surface area contributed by atoms with E-state index < -0.39 is 23.3 Å². The van der Waals surface area contributed by atoms with Crippen molar-refractivity contribution in [3.05, 3.63) is 0 Å². The number of ether oxygens (including phenoxy) is 2. The molecule has 0 atom stereocenters. The molecule has 1 amide bonds. The monoisotopic (exact) mass is 287 g/mol. The summed E-state index contributed by atoms with van der Waals surface area (Å²) >= 11 is 0. The molecule has 0 spiro atoms. The molecule has 0 saturated heterocycles. The molecule has 1 fully saturated rings. The summed E-state index contributed by atoms with van der Waals surface area (Å²) in [7, 11) is 0. The Balaban J connectivity index is 2.42. The smallest absolute Gasteiger partial charge is 0.407 e. The Kier molecular flexibility index (Phi) is 5.39. The Morgan fingerprint density at radius 3 is 2.30 bits per heavy atom. The van der Waals surface area contributed by atoms with Crippen LogP contribution in [-0.2, 0) is 14.3 Å². The predicted molar refractivity (Wildman–Crippen MR) is 73.2 cm³/mol. The van der Waals surface area contributed by atoms with E-state index in [0.29, 0.717) is 12.8 Å². The van der Waals surface area contributed by atoms with E-state index in [1.165, 1.54) is 0 Å². The molecule has 1 aliphatic rings. The highest BCUT2D eigenvalue weighted by molar-refractivity contribution is 5.79. The summed E-state index contributed by atoms with van der Waals surface area (Å²) in [5.41, 5.74) is -1.95. The Bertz CT molecular complexity index is 353. The summed E-state index contributed by atoms with van der Waals surface area (Å²) in [6, 6.07) is -0.0837. The van der Waals surface area contributed by atoms with Crippen LogP contribution in [0.4, 0.5) is 4.79 Å². The molecule has 116 valence electrons. The molecule has 0 heterocycles. The molecule has 2 N–H and O–H groups in total. The van der Waals surface area contributed by atoms with Crippen molar-refractivity contribution >= 4 is 12.1 Å². The second-order valence-electron chi connectivity index (χ2n) is 6.17. The highest BCUT2D eigenvalue weighted by Gasteiger charge is 2.41. The second-order valence-corrected chi connectivity index (χ2v) is 6.17. The molecule has 0 aromatic rings. The van der Waals surface area contributed by atoms with E-state index in [-0.39, 0.29) is 25.5 Å². The first-order chi connectivity index (χ1) is 9.16. The average Bonchev–Trinajstić information content (AvgIpc) is 2.30. The third-order valence-corrected chi connectivity index (χ3v) is 3.19. The minimum absolute atomic E-state index is 0.0837. The maximum Gasteiger partial charge on any atom is 0.407 e. The van der Waals surface area contributed by atoms with Gasteiger partial charge in [0.1, 0.15) is 5.60 Å². The van der Waals surface area contributed by atoms with Crippen LogP contribution in [0, 0.1) is 0 Å². The fourth-order valence-electron chi connectivity index (χ4n) is 2.18. The van der Waals surface area contributed by atoms with Gasteiger partial charge in [-0.3, -0.25) is 0 Å². The van der Waals surface area contributed by atoms with Gasteiger partial charge in [0.2, 0.25) is 0 Å². The first kappa shape index (κ1) is 16.8. The van der Waals surface area contributed by atoms with Crippen LogP contribution < -0.4 is 5.32 Å². The Labute approximate surface area is 119 Å². The first-order valence-electron chi connectivity index (χ1n) is 7.05. The third-order valence-electron chi connectivity index (χ3n) is 3.19. The van der Waals surface area contributed by atoms with E-state index >= 15 is 0 Å². The van der Waals surface area contributed by atoms with E-state index in [9.17, 15) is 14.7 Å². The number of rotatable bonds is 3. The summed E-state index contributed by atoms with van der Waals surface area (Å²) in [6.07, 6.45) is 1.14. The van der Waals surface area contributed by atoms with Crippen LogP contribution in [0.3, 0.4) is 0 Å². The van der Waals surface area contributed by atoms with Gasteiger partial charge in [-0.25, -0.2) is 9.59 Å². The summed E-state index contributed by atoms with van der Waals surface area (Å²) in [5, 5.41) is 13.0. The van der Waals surface area contributed by atoms with Crippen molar-refractivity contribution in [1.82, 2.24) is 5.32 Å². The van der Waals surface area contributed by atoms with E-state index in [1.54, 1.807) is 27.7 Å². The molecule has 20 heavy (non-hydrogen) atoms. The zero-order chi connectivity index (χ0) is 15.4. The van der Waals surface area contributed by atoms with Gasteiger partial charge in [0, 0.05) is 6.04 Å². The molecule has 0 aliphatic heterocycles. The first-order valence-corrected chi connectivity index (χ1v) is 7.05. The van der Waals surface area contributed by atoms with Gasteiger partial charge in [0.15, 0.2) is 5.60 Å². The zero-order valence-corrected chi connectivity index (χ0v) is 12.7. The molecule has 1 saturated carbocycles. The number of hydrogen-bond donors (Lipinski definition) is 2. The molecule has 0 aromatic carbocycles. The molecule has 0 radical (unpaired) electrons. The van der Waals surface area contributed by atoms with Crippen LogP contribution in [0.1, 0.15) is 53.4 Å². The van der Waals surface area contributed by atoms with Crippen LogP contribution in [0.15, 0.2) is 0 Å². The summed E-state index contributed by atoms with van der Waals surface area (Å²) in [6.45, 7) is 7.35. The molecular weight excluding hydrogens is 262 g/mol. The average molecular weight is 287 g/mol. The van der Waals surface area contributed by atoms with Crippen LogP contribution in [0.2, 0.25) is 0 Å². The second kappa shape index (κ2) is 6.43. The minimum atomic E-state index is -1.41. The predicted octanol–water partition coefficient (Wildman–Crippen LogP) is 1.75. The van der Waals surface area contributed by atoms with Gasteiger partial charge in [0.25, 0.3) is 0 Å². The summed E-state index contributed by atoms with van der Waals surface area (Å²) < 4.78 is 10.0. The lowest BCUT2D eigenvalue weighted by Gasteiger charge is -2.34. The molecule has 0 aromatic heterocycles. The van der Waals surface area contributed by atoms with Crippen molar-refractivity contribution in [1.29, 1.82) is 0 Å². The van der Waals surface area contributed by atoms with Gasteiger partial charge in [-0.05, 0) is 53.4 Å². The highest BCUT2D eigenvalue weighted by Crippen LogP contribution is 2.29. The van der Waals surface area contributed by atoms with Gasteiger partial charge in [0.05, 0.1) is 6.61 Å². The maximum absolute atomic E-state index is 11.7. The van der Waals surface area contributed by atoms with Gasteiger partial charge in [-0.1, -0.05) is 0 Å². The fraction of sp³-hybridized carbons (Fsp3) is 0.857. The van der Waals surface area contributed by atoms with Crippen molar-refractivity contribution in [2.24, 2.45) is 0 Å². The standard InChI is InChI=1S/C14H25NO5/c1-5-19-11(16)14(18)8-6-10(7-9-14)15-12(17)20-13(2,3)4/h10,18H,5-9H2,1-4H3,(H,15,17)/t10-,14-. The third kappa shape index (κ3) is 5.00. The maximum atomic E-state index is 11.7. The van der Waals surface area contributed by atoms with Gasteiger partial charge in [-0.15, -0.1) is 0 Å². The highest BCUT2D eigenvalue weighted by atomic mass is 16.6. The number of carbonyl (C=O) groups is 2. The van der Waals surface area contributed by atoms with Crippen molar-refractivity contribution < 1.29 is 24.2 Å². The van der Waals surface area contributed by atoms with E-state index in [4.69, 9.17) is 9.47 Å². The number of nitrogens with one attached hydrogen (secondary N) is 1. The number of carbonyl (C=O) groups excluding carboxylic acids is 2. The molecule has 0 bridgehead atoms. The lowest BCUT2D eigenvalue weighted by Crippen LogP contribution is -2.49. The molecule has 1 aliphatic carbocycles. The Morgan fingerprint density at radius 1 is 1.30 bits per heavy atom. The number of esters is 1. The lowest BCUT2D eigenvalue weighted by atomic mass is 9.82. The van der Waals surface area contributed by atoms with Crippen LogP contribution in [0.25, 0.3) is 0 Å². The minimum Gasteiger partial charge on any atom is -0.464 e. The van der Waals surface area contributed by atoms with Crippen LogP contribution in [-0.4, -0.2) is 41.0 Å². The number of amides is 1. The van der Waals surface area contributed by atoms with Crippen LogP contribution >= 0.6 is 0 Å². The Morgan fingerprint density at radius 2 is 1.85 bits per heavy atom. The molecular formula is C14H25NO5. The fourth-order valence-corrected chi connectivity index (χ4v) is 2.18. The number of hydrogen-bond acceptors (Lipinski definition) is 5. The molecule has 0 unspecified atom stereocenters. The van der Waals surface area contributed by atoms with E-state index in [1.807, 2.05) is 0 Å². The van der Waals surface area contributed by atoms with Crippen LogP contribution in [0.5, 0.6) is 0 Å². The molecule has 6 nitrogen and oxygen atoms in total. The summed E-state index contributed by atoms with van der Waals surface area (Å²) in [5.74, 6) is -0.573. The molecule has 6 heteroatoms. The lowest BCUT2D eigenvalue weighted by molar-refractivity contribution is -0.168. The topological polar surface area (TPSA) is 84.9 Å². The largest absolute Gasteiger partial charge is 0.464 e. The molecule has 1 rings (SSSR count). The number of alkyl carbamates (subject to hydrolysis) is 1. The normalized spacial score (nSPS) is 26.8.